The van der Waals surface area contributed by atoms with Crippen LogP contribution in [-0.2, 0) is 0 Å². The van der Waals surface area contributed by atoms with Crippen LogP contribution in [0.2, 0.25) is 0 Å². The third-order valence-electron chi connectivity index (χ3n) is 2.09. The molecular formula is C11H17N5O2. The predicted molar refractivity (Wildman–Crippen MR) is 68.3 cm³/mol. The monoisotopic (exact) mass is 251 g/mol. The molecule has 0 fully saturated rings. The number of para-hydroxylation sites is 1. The number of hydrogen-bond donors (Lipinski definition) is 2. The topological polar surface area (TPSA) is 85.4 Å². The third kappa shape index (κ3) is 3.34. The standard InChI is InChI=1S/C6H5N3O.C5H12N2O/c10-5-3-1-2-4-6(5)8-9-7-4;1-6(2)5(8)7(3)4/h1-3,10H,(H,7,8,9);1-4H3. The van der Waals surface area contributed by atoms with Crippen LogP contribution in [0.5, 0.6) is 5.75 Å². The van der Waals surface area contributed by atoms with Crippen LogP contribution in [0.3, 0.4) is 0 Å². The molecule has 0 saturated heterocycles. The smallest absolute Gasteiger partial charge is 0.318 e. The Hall–Kier alpha value is -2.31. The highest BCUT2D eigenvalue weighted by Gasteiger charge is 2.02. The van der Waals surface area contributed by atoms with Crippen LogP contribution in [0.4, 0.5) is 4.79 Å². The van der Waals surface area contributed by atoms with Gasteiger partial charge >= 0.3 is 6.03 Å². The van der Waals surface area contributed by atoms with Crippen molar-refractivity contribution in [1.29, 1.82) is 0 Å². The predicted octanol–water partition coefficient (Wildman–Crippen LogP) is 0.893. The molecule has 7 nitrogen and oxygen atoms in total. The molecule has 0 unspecified atom stereocenters. The first kappa shape index (κ1) is 13.8. The van der Waals surface area contributed by atoms with E-state index in [9.17, 15) is 4.79 Å². The summed E-state index contributed by atoms with van der Waals surface area (Å²) in [5, 5.41) is 19.1. The van der Waals surface area contributed by atoms with Gasteiger partial charge in [-0.2, -0.15) is 15.4 Å². The molecule has 0 atom stereocenters. The Morgan fingerprint density at radius 3 is 2.22 bits per heavy atom. The van der Waals surface area contributed by atoms with E-state index < -0.39 is 0 Å². The molecule has 2 aromatic rings. The van der Waals surface area contributed by atoms with Gasteiger partial charge in [0, 0.05) is 28.2 Å². The first-order valence-electron chi connectivity index (χ1n) is 5.30. The summed E-state index contributed by atoms with van der Waals surface area (Å²) in [5.74, 6) is 0.159. The number of carbonyl (C=O) groups is 1. The van der Waals surface area contributed by atoms with Crippen molar-refractivity contribution in [2.45, 2.75) is 0 Å². The van der Waals surface area contributed by atoms with Gasteiger partial charge in [-0.15, -0.1) is 0 Å². The van der Waals surface area contributed by atoms with E-state index in [1.807, 2.05) is 0 Å². The Bertz CT molecular complexity index is 511. The highest BCUT2D eigenvalue weighted by Crippen LogP contribution is 2.18. The summed E-state index contributed by atoms with van der Waals surface area (Å²) in [4.78, 5) is 13.8. The molecule has 1 aromatic heterocycles. The van der Waals surface area contributed by atoms with Crippen molar-refractivity contribution < 1.29 is 9.90 Å². The van der Waals surface area contributed by atoms with E-state index in [2.05, 4.69) is 15.4 Å². The molecule has 7 heteroatoms. The fraction of sp³-hybridized carbons (Fsp3) is 0.364. The number of H-pyrrole nitrogens is 1. The Labute approximate surface area is 105 Å². The summed E-state index contributed by atoms with van der Waals surface area (Å²) in [6.07, 6.45) is 0. The highest BCUT2D eigenvalue weighted by molar-refractivity contribution is 5.79. The van der Waals surface area contributed by atoms with Gasteiger partial charge in [-0.1, -0.05) is 6.07 Å². The first-order chi connectivity index (χ1) is 8.43. The molecule has 0 bridgehead atoms. The summed E-state index contributed by atoms with van der Waals surface area (Å²) in [7, 11) is 6.90. The average Bonchev–Trinajstić information content (AvgIpc) is 2.78. The number of phenolic OH excluding ortho intramolecular Hbond substituents is 1. The molecule has 1 heterocycles. The molecule has 0 aliphatic heterocycles. The maximum Gasteiger partial charge on any atom is 0.318 e. The number of carbonyl (C=O) groups excluding carboxylic acids is 1. The summed E-state index contributed by atoms with van der Waals surface area (Å²) in [5.41, 5.74) is 1.20. The number of hydrogen-bond acceptors (Lipinski definition) is 4. The lowest BCUT2D eigenvalue weighted by Crippen LogP contribution is -2.33. The van der Waals surface area contributed by atoms with Crippen LogP contribution in [0, 0.1) is 0 Å². The van der Waals surface area contributed by atoms with Gasteiger partial charge in [-0.05, 0) is 12.1 Å². The molecule has 0 saturated carbocycles. The van der Waals surface area contributed by atoms with Crippen molar-refractivity contribution in [3.8, 4) is 5.75 Å². The van der Waals surface area contributed by atoms with Crippen molar-refractivity contribution in [1.82, 2.24) is 25.2 Å². The van der Waals surface area contributed by atoms with E-state index in [4.69, 9.17) is 5.11 Å². The van der Waals surface area contributed by atoms with Gasteiger partial charge in [0.05, 0.1) is 0 Å². The molecule has 0 radical (unpaired) electrons. The van der Waals surface area contributed by atoms with Crippen LogP contribution >= 0.6 is 0 Å². The minimum absolute atomic E-state index is 0.0185. The zero-order valence-corrected chi connectivity index (χ0v) is 10.9. The van der Waals surface area contributed by atoms with Gasteiger partial charge in [-0.25, -0.2) is 4.79 Å². The summed E-state index contributed by atoms with van der Waals surface area (Å²) >= 11 is 0. The second kappa shape index (κ2) is 5.85. The van der Waals surface area contributed by atoms with Crippen LogP contribution < -0.4 is 0 Å². The summed E-state index contributed by atoms with van der Waals surface area (Å²) < 4.78 is 0. The number of nitrogens with zero attached hydrogens (tertiary/aromatic N) is 4. The maximum atomic E-state index is 10.7. The molecule has 98 valence electrons. The normalized spacial score (nSPS) is 9.56. The van der Waals surface area contributed by atoms with Gasteiger partial charge in [-0.3, -0.25) is 0 Å². The quantitative estimate of drug-likeness (QED) is 0.728. The van der Waals surface area contributed by atoms with E-state index >= 15 is 0 Å². The lowest BCUT2D eigenvalue weighted by Gasteiger charge is -2.16. The molecule has 0 aliphatic rings. The van der Waals surface area contributed by atoms with Crippen LogP contribution in [0.15, 0.2) is 18.2 Å². The second-order valence-corrected chi connectivity index (χ2v) is 4.04. The molecule has 0 aliphatic carbocycles. The van der Waals surface area contributed by atoms with Crippen LogP contribution in [0.25, 0.3) is 11.0 Å². The van der Waals surface area contributed by atoms with Crippen molar-refractivity contribution in [3.63, 3.8) is 0 Å². The number of aromatic nitrogens is 3. The van der Waals surface area contributed by atoms with Crippen LogP contribution in [0.1, 0.15) is 0 Å². The van der Waals surface area contributed by atoms with Gasteiger partial charge in [0.1, 0.15) is 11.3 Å². The number of rotatable bonds is 0. The lowest BCUT2D eigenvalue weighted by molar-refractivity contribution is 0.191. The van der Waals surface area contributed by atoms with E-state index in [1.54, 1.807) is 46.4 Å². The number of fused-ring (bicyclic) bond motifs is 1. The Morgan fingerprint density at radius 2 is 1.78 bits per heavy atom. The van der Waals surface area contributed by atoms with Crippen molar-refractivity contribution in [2.24, 2.45) is 0 Å². The number of urea groups is 1. The minimum Gasteiger partial charge on any atom is -0.506 e. The zero-order chi connectivity index (χ0) is 13.7. The zero-order valence-electron chi connectivity index (χ0n) is 10.9. The highest BCUT2D eigenvalue weighted by atomic mass is 16.3. The number of aromatic amines is 1. The van der Waals surface area contributed by atoms with Crippen molar-refractivity contribution >= 4 is 17.1 Å². The van der Waals surface area contributed by atoms with E-state index in [0.29, 0.717) is 11.0 Å². The Kier molecular flexibility index (Phi) is 4.47. The Morgan fingerprint density at radius 1 is 1.17 bits per heavy atom. The van der Waals surface area contributed by atoms with E-state index in [-0.39, 0.29) is 11.8 Å². The number of aromatic hydroxyl groups is 1. The summed E-state index contributed by atoms with van der Waals surface area (Å²) in [6.45, 7) is 0. The average molecular weight is 251 g/mol. The van der Waals surface area contributed by atoms with Crippen LogP contribution in [-0.4, -0.2) is 64.5 Å². The number of amides is 2. The van der Waals surface area contributed by atoms with E-state index in [1.165, 1.54) is 9.80 Å². The van der Waals surface area contributed by atoms with Gasteiger partial charge in [0.25, 0.3) is 0 Å². The fourth-order valence-corrected chi connectivity index (χ4v) is 1.25. The molecule has 2 amide bonds. The fourth-order valence-electron chi connectivity index (χ4n) is 1.25. The number of phenols is 1. The first-order valence-corrected chi connectivity index (χ1v) is 5.30. The van der Waals surface area contributed by atoms with E-state index in [0.717, 1.165) is 0 Å². The van der Waals surface area contributed by atoms with Gasteiger partial charge in [0.15, 0.2) is 5.52 Å². The van der Waals surface area contributed by atoms with Gasteiger partial charge in [0.2, 0.25) is 0 Å². The SMILES string of the molecule is CN(C)C(=O)N(C)C.Oc1cccc2n[nH]nc12. The molecule has 0 spiro atoms. The maximum absolute atomic E-state index is 10.7. The molecule has 1 aromatic carbocycles. The Balaban J connectivity index is 0.000000187. The molecule has 2 rings (SSSR count). The molecular weight excluding hydrogens is 234 g/mol. The van der Waals surface area contributed by atoms with Crippen molar-refractivity contribution in [2.75, 3.05) is 28.2 Å². The van der Waals surface area contributed by atoms with Gasteiger partial charge < -0.3 is 14.9 Å². The van der Waals surface area contributed by atoms with Crippen molar-refractivity contribution in [3.05, 3.63) is 18.2 Å². The largest absolute Gasteiger partial charge is 0.506 e. The summed E-state index contributed by atoms with van der Waals surface area (Å²) in [6, 6.07) is 5.09. The second-order valence-electron chi connectivity index (χ2n) is 4.04. The number of nitrogens with one attached hydrogen (secondary N) is 1. The minimum atomic E-state index is 0.0185. The molecule has 18 heavy (non-hydrogen) atoms. The molecule has 2 N–H and O–H groups in total. The number of benzene rings is 1. The third-order valence-corrected chi connectivity index (χ3v) is 2.09. The lowest BCUT2D eigenvalue weighted by atomic mass is 10.3.